The first kappa shape index (κ1) is 9.67. The highest BCUT2D eigenvalue weighted by Crippen LogP contribution is 2.11. The van der Waals surface area contributed by atoms with Crippen molar-refractivity contribution < 1.29 is 4.79 Å². The summed E-state index contributed by atoms with van der Waals surface area (Å²) in [4.78, 5) is 17.7. The van der Waals surface area contributed by atoms with Crippen molar-refractivity contribution in [2.45, 2.75) is 6.42 Å². The number of aromatic nitrogens is 2. The van der Waals surface area contributed by atoms with E-state index < -0.39 is 0 Å². The fraction of sp³-hybridized carbons (Fsp3) is 0.125. The molecule has 68 valence electrons. The monoisotopic (exact) mass is 197 g/mol. The standard InChI is InChI=1S/C8H8ClN3O/c9-7-5-11-8(10)6(12-7)3-1-2-4-13/h1,3-5H,2H2,(H2,10,11). The molecule has 1 aromatic rings. The summed E-state index contributed by atoms with van der Waals surface area (Å²) in [7, 11) is 0. The second-order valence-electron chi connectivity index (χ2n) is 2.27. The highest BCUT2D eigenvalue weighted by Gasteiger charge is 1.98. The number of hydrogen-bond donors (Lipinski definition) is 1. The second kappa shape index (κ2) is 4.57. The van der Waals surface area contributed by atoms with Crippen molar-refractivity contribution in [3.63, 3.8) is 0 Å². The molecule has 0 fully saturated rings. The Balaban J connectivity index is 2.86. The first-order valence-corrected chi connectivity index (χ1v) is 4.00. The SMILES string of the molecule is Nc1ncc(Cl)nc1C=CCC=O. The number of halogens is 1. The molecular weight excluding hydrogens is 190 g/mol. The summed E-state index contributed by atoms with van der Waals surface area (Å²) >= 11 is 5.60. The largest absolute Gasteiger partial charge is 0.382 e. The van der Waals surface area contributed by atoms with Crippen LogP contribution in [0.1, 0.15) is 12.1 Å². The van der Waals surface area contributed by atoms with Crippen molar-refractivity contribution in [3.8, 4) is 0 Å². The molecule has 0 saturated carbocycles. The van der Waals surface area contributed by atoms with Crippen LogP contribution in [-0.4, -0.2) is 16.3 Å². The molecule has 0 aromatic carbocycles. The third kappa shape index (κ3) is 2.83. The van der Waals surface area contributed by atoms with Gasteiger partial charge in [-0.05, 0) is 6.08 Å². The number of nitrogen functional groups attached to an aromatic ring is 1. The minimum absolute atomic E-state index is 0.278. The number of nitrogens with two attached hydrogens (primary N) is 1. The van der Waals surface area contributed by atoms with Gasteiger partial charge in [-0.25, -0.2) is 9.97 Å². The predicted molar refractivity (Wildman–Crippen MR) is 51.2 cm³/mol. The van der Waals surface area contributed by atoms with Gasteiger partial charge in [-0.1, -0.05) is 17.7 Å². The molecule has 0 radical (unpaired) electrons. The molecule has 0 atom stereocenters. The molecule has 4 nitrogen and oxygen atoms in total. The van der Waals surface area contributed by atoms with Gasteiger partial charge in [0.2, 0.25) is 0 Å². The Morgan fingerprint density at radius 1 is 1.62 bits per heavy atom. The van der Waals surface area contributed by atoms with E-state index in [0.29, 0.717) is 17.9 Å². The van der Waals surface area contributed by atoms with E-state index in [1.165, 1.54) is 6.20 Å². The smallest absolute Gasteiger partial charge is 0.149 e. The van der Waals surface area contributed by atoms with Gasteiger partial charge in [0.05, 0.1) is 6.20 Å². The van der Waals surface area contributed by atoms with Gasteiger partial charge >= 0.3 is 0 Å². The number of anilines is 1. The molecule has 1 aromatic heterocycles. The van der Waals surface area contributed by atoms with E-state index in [-0.39, 0.29) is 5.15 Å². The fourth-order valence-corrected chi connectivity index (χ4v) is 0.888. The lowest BCUT2D eigenvalue weighted by atomic mass is 10.3. The van der Waals surface area contributed by atoms with Gasteiger partial charge in [-0.2, -0.15) is 0 Å². The first-order chi connectivity index (χ1) is 6.24. The number of aldehydes is 1. The Morgan fingerprint density at radius 3 is 3.08 bits per heavy atom. The zero-order valence-corrected chi connectivity index (χ0v) is 7.53. The maximum absolute atomic E-state index is 10.0. The summed E-state index contributed by atoms with van der Waals surface area (Å²) in [6.07, 6.45) is 5.73. The number of nitrogens with zero attached hydrogens (tertiary/aromatic N) is 2. The summed E-state index contributed by atoms with van der Waals surface area (Å²) < 4.78 is 0. The summed E-state index contributed by atoms with van der Waals surface area (Å²) in [6.45, 7) is 0. The molecule has 0 saturated heterocycles. The van der Waals surface area contributed by atoms with E-state index in [1.807, 2.05) is 0 Å². The summed E-state index contributed by atoms with van der Waals surface area (Å²) in [6, 6.07) is 0. The maximum atomic E-state index is 10.0. The van der Waals surface area contributed by atoms with Crippen LogP contribution >= 0.6 is 11.6 Å². The van der Waals surface area contributed by atoms with Gasteiger partial charge < -0.3 is 10.5 Å². The van der Waals surface area contributed by atoms with Crippen molar-refractivity contribution in [3.05, 3.63) is 23.1 Å². The number of allylic oxidation sites excluding steroid dienone is 1. The number of carbonyl (C=O) groups excluding carboxylic acids is 1. The van der Waals surface area contributed by atoms with Crippen molar-refractivity contribution in [2.24, 2.45) is 0 Å². The Bertz CT molecular complexity index is 338. The van der Waals surface area contributed by atoms with E-state index in [2.05, 4.69) is 9.97 Å². The molecule has 1 rings (SSSR count). The van der Waals surface area contributed by atoms with Crippen LogP contribution in [-0.2, 0) is 4.79 Å². The van der Waals surface area contributed by atoms with Crippen molar-refractivity contribution in [2.75, 3.05) is 5.73 Å². The van der Waals surface area contributed by atoms with Crippen LogP contribution in [0.2, 0.25) is 5.15 Å². The number of hydrogen-bond acceptors (Lipinski definition) is 4. The topological polar surface area (TPSA) is 68.9 Å². The van der Waals surface area contributed by atoms with E-state index in [1.54, 1.807) is 12.2 Å². The van der Waals surface area contributed by atoms with Crippen LogP contribution in [0, 0.1) is 0 Å². The van der Waals surface area contributed by atoms with Crippen LogP contribution < -0.4 is 5.73 Å². The van der Waals surface area contributed by atoms with Gasteiger partial charge in [0.25, 0.3) is 0 Å². The molecule has 1 heterocycles. The Hall–Kier alpha value is -1.42. The van der Waals surface area contributed by atoms with E-state index in [4.69, 9.17) is 17.3 Å². The quantitative estimate of drug-likeness (QED) is 0.742. The molecule has 5 heteroatoms. The molecule has 0 aliphatic heterocycles. The molecular formula is C8H8ClN3O. The molecule has 0 aliphatic rings. The molecule has 13 heavy (non-hydrogen) atoms. The maximum Gasteiger partial charge on any atom is 0.149 e. The summed E-state index contributed by atoms with van der Waals surface area (Å²) in [5.74, 6) is 0.298. The summed E-state index contributed by atoms with van der Waals surface area (Å²) in [5.41, 5.74) is 5.98. The Labute approximate surface area is 80.4 Å². The third-order valence-corrected chi connectivity index (χ3v) is 1.49. The van der Waals surface area contributed by atoms with E-state index in [0.717, 1.165) is 6.29 Å². The molecule has 0 bridgehead atoms. The predicted octanol–water partition coefficient (Wildman–Crippen LogP) is 1.31. The Kier molecular flexibility index (Phi) is 3.40. The number of carbonyl (C=O) groups is 1. The molecule has 0 amide bonds. The van der Waals surface area contributed by atoms with E-state index in [9.17, 15) is 4.79 Å². The van der Waals surface area contributed by atoms with Gasteiger partial charge in [0.15, 0.2) is 0 Å². The Morgan fingerprint density at radius 2 is 2.38 bits per heavy atom. The van der Waals surface area contributed by atoms with Crippen LogP contribution in [0.4, 0.5) is 5.82 Å². The first-order valence-electron chi connectivity index (χ1n) is 3.62. The molecule has 0 spiro atoms. The van der Waals surface area contributed by atoms with Crippen LogP contribution in [0.5, 0.6) is 0 Å². The van der Waals surface area contributed by atoms with Gasteiger partial charge in [0, 0.05) is 6.42 Å². The number of rotatable bonds is 3. The summed E-state index contributed by atoms with van der Waals surface area (Å²) in [5, 5.41) is 0.278. The highest BCUT2D eigenvalue weighted by molar-refractivity contribution is 6.29. The van der Waals surface area contributed by atoms with Crippen molar-refractivity contribution in [1.29, 1.82) is 0 Å². The average Bonchev–Trinajstić information content (AvgIpc) is 2.11. The fourth-order valence-electron chi connectivity index (χ4n) is 0.748. The lowest BCUT2D eigenvalue weighted by molar-refractivity contribution is -0.107. The van der Waals surface area contributed by atoms with Gasteiger partial charge in [0.1, 0.15) is 23.0 Å². The van der Waals surface area contributed by atoms with Gasteiger partial charge in [-0.15, -0.1) is 0 Å². The van der Waals surface area contributed by atoms with Crippen LogP contribution in [0.15, 0.2) is 12.3 Å². The zero-order chi connectivity index (χ0) is 9.68. The normalized spacial score (nSPS) is 10.5. The highest BCUT2D eigenvalue weighted by atomic mass is 35.5. The minimum atomic E-state index is 0.278. The lowest BCUT2D eigenvalue weighted by Crippen LogP contribution is -1.96. The molecule has 2 N–H and O–H groups in total. The van der Waals surface area contributed by atoms with Crippen LogP contribution in [0.3, 0.4) is 0 Å². The zero-order valence-electron chi connectivity index (χ0n) is 6.77. The lowest BCUT2D eigenvalue weighted by Gasteiger charge is -1.97. The second-order valence-corrected chi connectivity index (χ2v) is 2.66. The van der Waals surface area contributed by atoms with Crippen molar-refractivity contribution in [1.82, 2.24) is 9.97 Å². The van der Waals surface area contributed by atoms with E-state index >= 15 is 0 Å². The van der Waals surface area contributed by atoms with Crippen LogP contribution in [0.25, 0.3) is 6.08 Å². The minimum Gasteiger partial charge on any atom is -0.382 e. The third-order valence-electron chi connectivity index (χ3n) is 1.31. The molecule has 0 unspecified atom stereocenters. The molecule has 0 aliphatic carbocycles. The average molecular weight is 198 g/mol. The van der Waals surface area contributed by atoms with Gasteiger partial charge in [-0.3, -0.25) is 0 Å². The van der Waals surface area contributed by atoms with Crippen molar-refractivity contribution >= 4 is 29.8 Å².